The van der Waals surface area contributed by atoms with Crippen molar-refractivity contribution < 1.29 is 0 Å². The van der Waals surface area contributed by atoms with Crippen LogP contribution in [-0.4, -0.2) is 0 Å². The van der Waals surface area contributed by atoms with Crippen molar-refractivity contribution in [3.05, 3.63) is 30.2 Å². The molecule has 0 nitrogen and oxygen atoms in total. The van der Waals surface area contributed by atoms with Crippen LogP contribution in [-0.2, 0) is 0 Å². The molecule has 10 heavy (non-hydrogen) atoms. The topological polar surface area (TPSA) is 0 Å². The molecule has 1 unspecified atom stereocenters. The first-order valence-electron chi connectivity index (χ1n) is 4.07. The molecule has 1 saturated carbocycles. The first kappa shape index (κ1) is 6.21. The average molecular weight is 132 g/mol. The van der Waals surface area contributed by atoms with Gasteiger partial charge in [-0.3, -0.25) is 0 Å². The molecule has 0 bridgehead atoms. The molecule has 0 aliphatic heterocycles. The minimum Gasteiger partial charge on any atom is -0.0839 e. The predicted molar refractivity (Wildman–Crippen MR) is 42.4 cm³/mol. The van der Waals surface area contributed by atoms with Gasteiger partial charge in [0.2, 0.25) is 0 Å². The summed E-state index contributed by atoms with van der Waals surface area (Å²) in [5.41, 5.74) is 1.47. The Kier molecular flexibility index (Phi) is 1.62. The Hall–Kier alpha value is -0.520. The van der Waals surface area contributed by atoms with E-state index >= 15 is 0 Å². The summed E-state index contributed by atoms with van der Waals surface area (Å²) in [7, 11) is 0. The summed E-state index contributed by atoms with van der Waals surface area (Å²) >= 11 is 0. The van der Waals surface area contributed by atoms with Crippen LogP contribution in [0.25, 0.3) is 0 Å². The van der Waals surface area contributed by atoms with Crippen LogP contribution in [0.5, 0.6) is 0 Å². The number of hydrogen-bond acceptors (Lipinski definition) is 0. The predicted octanol–water partition coefficient (Wildman–Crippen LogP) is 2.75. The van der Waals surface area contributed by atoms with Crippen molar-refractivity contribution in [3.63, 3.8) is 0 Å². The molecule has 2 rings (SSSR count). The number of rotatable bonds is 0. The molecule has 1 atom stereocenters. The summed E-state index contributed by atoms with van der Waals surface area (Å²) in [6, 6.07) is 0. The van der Waals surface area contributed by atoms with E-state index in [2.05, 4.69) is 24.6 Å². The Labute approximate surface area is 62.6 Å². The van der Waals surface area contributed by atoms with Gasteiger partial charge in [-0.1, -0.05) is 30.2 Å². The van der Waals surface area contributed by atoms with Crippen molar-refractivity contribution in [1.29, 1.82) is 0 Å². The molecule has 0 aromatic rings. The molecule has 52 valence electrons. The van der Waals surface area contributed by atoms with E-state index in [1.54, 1.807) is 0 Å². The molecular weight excluding hydrogens is 120 g/mol. The van der Waals surface area contributed by atoms with Crippen molar-refractivity contribution in [2.45, 2.75) is 25.7 Å². The van der Waals surface area contributed by atoms with Crippen LogP contribution in [0, 0.1) is 12.3 Å². The summed E-state index contributed by atoms with van der Waals surface area (Å²) in [5.74, 6) is 0.818. The average Bonchev–Trinajstić information content (AvgIpc) is 2.05. The van der Waals surface area contributed by atoms with Crippen molar-refractivity contribution in [1.82, 2.24) is 0 Å². The smallest absolute Gasteiger partial charge is 0.0123 e. The van der Waals surface area contributed by atoms with Crippen LogP contribution in [0.2, 0.25) is 0 Å². The van der Waals surface area contributed by atoms with E-state index in [1.165, 1.54) is 31.3 Å². The standard InChI is InChI=1S/C10H12/c1-2-6-10-8-4-3-7-9(10)5-1/h1-2,5,10H,3-4,6,8H2. The van der Waals surface area contributed by atoms with Gasteiger partial charge in [-0.2, -0.15) is 0 Å². The normalized spacial score (nSPS) is 31.2. The molecule has 2 aliphatic rings. The Morgan fingerprint density at radius 1 is 1.50 bits per heavy atom. The number of fused-ring (bicyclic) bond motifs is 1. The molecule has 0 saturated heterocycles. The zero-order chi connectivity index (χ0) is 6.81. The highest BCUT2D eigenvalue weighted by atomic mass is 14.2. The van der Waals surface area contributed by atoms with E-state index < -0.39 is 0 Å². The van der Waals surface area contributed by atoms with Gasteiger partial charge in [-0.15, -0.1) is 0 Å². The van der Waals surface area contributed by atoms with E-state index in [4.69, 9.17) is 0 Å². The van der Waals surface area contributed by atoms with Crippen molar-refractivity contribution in [2.24, 2.45) is 5.92 Å². The summed E-state index contributed by atoms with van der Waals surface area (Å²) in [5, 5.41) is 0. The van der Waals surface area contributed by atoms with Crippen LogP contribution >= 0.6 is 0 Å². The maximum Gasteiger partial charge on any atom is 0.0123 e. The Bertz CT molecular complexity index is 174. The second-order valence-electron chi connectivity index (χ2n) is 3.05. The summed E-state index contributed by atoms with van der Waals surface area (Å²) in [4.78, 5) is 0. The van der Waals surface area contributed by atoms with E-state index in [1.807, 2.05) is 0 Å². The maximum atomic E-state index is 3.43. The van der Waals surface area contributed by atoms with E-state index in [9.17, 15) is 0 Å². The SMILES string of the molecule is [C]1CCCC2CC=CC=C12. The van der Waals surface area contributed by atoms with Gasteiger partial charge in [0.05, 0.1) is 0 Å². The lowest BCUT2D eigenvalue weighted by Crippen LogP contribution is -2.11. The molecule has 2 aliphatic carbocycles. The second-order valence-corrected chi connectivity index (χ2v) is 3.05. The molecule has 0 heteroatoms. The first-order chi connectivity index (χ1) is 4.97. The van der Waals surface area contributed by atoms with Gasteiger partial charge in [-0.05, 0) is 25.2 Å². The third-order valence-electron chi connectivity index (χ3n) is 2.33. The lowest BCUT2D eigenvalue weighted by atomic mass is 9.80. The third-order valence-corrected chi connectivity index (χ3v) is 2.33. The molecule has 1 fully saturated rings. The quantitative estimate of drug-likeness (QED) is 0.475. The molecule has 0 aromatic carbocycles. The van der Waals surface area contributed by atoms with Gasteiger partial charge in [0.15, 0.2) is 0 Å². The molecule has 0 heterocycles. The summed E-state index contributed by atoms with van der Waals surface area (Å²) in [6.45, 7) is 0. The van der Waals surface area contributed by atoms with Crippen LogP contribution in [0.4, 0.5) is 0 Å². The number of hydrogen-bond donors (Lipinski definition) is 0. The third kappa shape index (κ3) is 1.03. The fourth-order valence-electron chi connectivity index (χ4n) is 1.74. The molecular formula is C10H12. The first-order valence-corrected chi connectivity index (χ1v) is 4.07. The Balaban J connectivity index is 2.14. The zero-order valence-electron chi connectivity index (χ0n) is 6.14. The molecule has 0 N–H and O–H groups in total. The van der Waals surface area contributed by atoms with Gasteiger partial charge in [0, 0.05) is 6.42 Å². The van der Waals surface area contributed by atoms with E-state index in [0.717, 1.165) is 5.92 Å². The Morgan fingerprint density at radius 2 is 2.50 bits per heavy atom. The molecule has 0 spiro atoms. The van der Waals surface area contributed by atoms with Gasteiger partial charge >= 0.3 is 0 Å². The maximum absolute atomic E-state index is 3.43. The van der Waals surface area contributed by atoms with Crippen LogP contribution in [0.1, 0.15) is 25.7 Å². The van der Waals surface area contributed by atoms with Gasteiger partial charge in [-0.25, -0.2) is 0 Å². The largest absolute Gasteiger partial charge is 0.0839 e. The molecule has 2 radical (unpaired) electrons. The molecule has 0 aromatic heterocycles. The van der Waals surface area contributed by atoms with E-state index in [-0.39, 0.29) is 0 Å². The second kappa shape index (κ2) is 2.61. The van der Waals surface area contributed by atoms with Crippen molar-refractivity contribution >= 4 is 0 Å². The number of allylic oxidation sites excluding steroid dienone is 4. The van der Waals surface area contributed by atoms with Gasteiger partial charge in [0.1, 0.15) is 0 Å². The van der Waals surface area contributed by atoms with Crippen LogP contribution < -0.4 is 0 Å². The molecule has 0 amide bonds. The highest BCUT2D eigenvalue weighted by Gasteiger charge is 2.18. The van der Waals surface area contributed by atoms with Gasteiger partial charge in [0.25, 0.3) is 0 Å². The fraction of sp³-hybridized carbons (Fsp3) is 0.500. The highest BCUT2D eigenvalue weighted by Crippen LogP contribution is 2.33. The minimum absolute atomic E-state index is 0.818. The monoisotopic (exact) mass is 132 g/mol. The summed E-state index contributed by atoms with van der Waals surface area (Å²) in [6.07, 6.45) is 15.2. The minimum atomic E-state index is 0.818. The van der Waals surface area contributed by atoms with Crippen molar-refractivity contribution in [3.8, 4) is 0 Å². The van der Waals surface area contributed by atoms with Crippen LogP contribution in [0.3, 0.4) is 0 Å². The van der Waals surface area contributed by atoms with Gasteiger partial charge < -0.3 is 0 Å². The summed E-state index contributed by atoms with van der Waals surface area (Å²) < 4.78 is 0. The Morgan fingerprint density at radius 3 is 3.40 bits per heavy atom. The fourth-order valence-corrected chi connectivity index (χ4v) is 1.74. The van der Waals surface area contributed by atoms with Crippen molar-refractivity contribution in [2.75, 3.05) is 0 Å². The lowest BCUT2D eigenvalue weighted by Gasteiger charge is -2.25. The highest BCUT2D eigenvalue weighted by molar-refractivity contribution is 5.28. The van der Waals surface area contributed by atoms with Crippen LogP contribution in [0.15, 0.2) is 23.8 Å². The van der Waals surface area contributed by atoms with E-state index in [0.29, 0.717) is 0 Å². The lowest BCUT2D eigenvalue weighted by molar-refractivity contribution is 0.499. The zero-order valence-corrected chi connectivity index (χ0v) is 6.14.